The molecule has 0 atom stereocenters. The van der Waals surface area contributed by atoms with E-state index in [1.54, 1.807) is 6.20 Å². The number of piperidine rings is 1. The Morgan fingerprint density at radius 3 is 2.80 bits per heavy atom. The molecular weight excluding hydrogens is 256 g/mol. The van der Waals surface area contributed by atoms with Crippen LogP contribution < -0.4 is 0 Å². The van der Waals surface area contributed by atoms with Gasteiger partial charge in [0.15, 0.2) is 0 Å². The lowest BCUT2D eigenvalue weighted by Gasteiger charge is -2.27. The van der Waals surface area contributed by atoms with Crippen molar-refractivity contribution < 1.29 is 9.90 Å². The van der Waals surface area contributed by atoms with Crippen LogP contribution in [0, 0.1) is 0 Å². The Kier molecular flexibility index (Phi) is 3.82. The highest BCUT2D eigenvalue weighted by molar-refractivity contribution is 5.65. The van der Waals surface area contributed by atoms with Crippen molar-refractivity contribution in [3.05, 3.63) is 23.3 Å². The molecule has 1 N–H and O–H groups in total. The molecule has 0 saturated carbocycles. The van der Waals surface area contributed by atoms with Gasteiger partial charge in [-0.15, -0.1) is 0 Å². The van der Waals surface area contributed by atoms with E-state index in [2.05, 4.69) is 14.9 Å². The van der Waals surface area contributed by atoms with Crippen LogP contribution in [0.3, 0.4) is 0 Å². The van der Waals surface area contributed by atoms with Gasteiger partial charge in [0.25, 0.3) is 0 Å². The van der Waals surface area contributed by atoms with Gasteiger partial charge in [0.1, 0.15) is 5.82 Å². The second-order valence-electron chi connectivity index (χ2n) is 5.55. The van der Waals surface area contributed by atoms with Gasteiger partial charge in [-0.1, -0.05) is 6.42 Å². The number of carbonyl (C=O) groups is 1. The predicted molar refractivity (Wildman–Crippen MR) is 73.3 cm³/mol. The van der Waals surface area contributed by atoms with Crippen LogP contribution in [0.15, 0.2) is 6.20 Å². The predicted octanol–water partition coefficient (Wildman–Crippen LogP) is 1.50. The molecule has 20 heavy (non-hydrogen) atoms. The first-order valence-corrected chi connectivity index (χ1v) is 7.26. The summed E-state index contributed by atoms with van der Waals surface area (Å²) in [7, 11) is 0. The summed E-state index contributed by atoms with van der Waals surface area (Å²) in [5, 5.41) is 9.01. The van der Waals surface area contributed by atoms with Gasteiger partial charge >= 0.3 is 6.09 Å². The van der Waals surface area contributed by atoms with Gasteiger partial charge in [-0.3, -0.25) is 4.90 Å². The lowest BCUT2D eigenvalue weighted by atomic mass is 10.1. The van der Waals surface area contributed by atoms with Gasteiger partial charge in [-0.2, -0.15) is 0 Å². The van der Waals surface area contributed by atoms with Crippen molar-refractivity contribution in [1.82, 2.24) is 19.8 Å². The highest BCUT2D eigenvalue weighted by Gasteiger charge is 2.22. The first kappa shape index (κ1) is 13.3. The third-order valence-corrected chi connectivity index (χ3v) is 4.07. The Balaban J connectivity index is 1.68. The molecule has 0 aliphatic carbocycles. The fourth-order valence-electron chi connectivity index (χ4n) is 2.91. The highest BCUT2D eigenvalue weighted by Crippen LogP contribution is 2.17. The van der Waals surface area contributed by atoms with E-state index >= 15 is 0 Å². The number of fused-ring (bicyclic) bond motifs is 1. The molecule has 3 heterocycles. The molecule has 0 radical (unpaired) electrons. The number of carboxylic acid groups (broad SMARTS) is 1. The van der Waals surface area contributed by atoms with Crippen LogP contribution in [-0.2, 0) is 19.5 Å². The maximum absolute atomic E-state index is 11.0. The topological polar surface area (TPSA) is 69.6 Å². The monoisotopic (exact) mass is 276 g/mol. The van der Waals surface area contributed by atoms with Crippen molar-refractivity contribution in [2.75, 3.05) is 19.6 Å². The van der Waals surface area contributed by atoms with Crippen molar-refractivity contribution in [2.45, 2.75) is 38.8 Å². The van der Waals surface area contributed by atoms with Gasteiger partial charge < -0.3 is 10.0 Å². The molecule has 2 aliphatic rings. The molecule has 2 aliphatic heterocycles. The molecule has 0 unspecified atom stereocenters. The zero-order chi connectivity index (χ0) is 13.9. The van der Waals surface area contributed by atoms with Crippen molar-refractivity contribution in [1.29, 1.82) is 0 Å². The summed E-state index contributed by atoms with van der Waals surface area (Å²) in [6, 6.07) is 0. The van der Waals surface area contributed by atoms with Crippen molar-refractivity contribution in [3.63, 3.8) is 0 Å². The second-order valence-corrected chi connectivity index (χ2v) is 5.55. The normalized spacial score (nSPS) is 19.7. The van der Waals surface area contributed by atoms with Crippen LogP contribution in [0.25, 0.3) is 0 Å². The summed E-state index contributed by atoms with van der Waals surface area (Å²) in [5.41, 5.74) is 1.96. The quantitative estimate of drug-likeness (QED) is 0.886. The number of amides is 1. The number of hydrogen-bond acceptors (Lipinski definition) is 4. The summed E-state index contributed by atoms with van der Waals surface area (Å²) in [4.78, 5) is 23.8. The molecule has 108 valence electrons. The van der Waals surface area contributed by atoms with E-state index in [9.17, 15) is 4.79 Å². The second kappa shape index (κ2) is 5.75. The van der Waals surface area contributed by atoms with E-state index in [1.807, 2.05) is 0 Å². The molecular formula is C14H20N4O2. The molecule has 1 saturated heterocycles. The zero-order valence-electron chi connectivity index (χ0n) is 11.6. The van der Waals surface area contributed by atoms with E-state index in [1.165, 1.54) is 24.2 Å². The SMILES string of the molecule is O=C(O)N1CCc2nc(CN3CCCCC3)ncc2C1. The maximum atomic E-state index is 11.0. The molecule has 1 amide bonds. The number of nitrogens with zero attached hydrogens (tertiary/aromatic N) is 4. The minimum Gasteiger partial charge on any atom is -0.465 e. The van der Waals surface area contributed by atoms with E-state index < -0.39 is 6.09 Å². The van der Waals surface area contributed by atoms with Gasteiger partial charge in [0.2, 0.25) is 0 Å². The Labute approximate surface area is 118 Å². The van der Waals surface area contributed by atoms with Crippen molar-refractivity contribution in [3.8, 4) is 0 Å². The standard InChI is InChI=1S/C14H20N4O2/c19-14(20)18-7-4-12-11(9-18)8-15-13(16-12)10-17-5-2-1-3-6-17/h8H,1-7,9-10H2,(H,19,20). The Morgan fingerprint density at radius 2 is 2.05 bits per heavy atom. The third-order valence-electron chi connectivity index (χ3n) is 4.07. The average molecular weight is 276 g/mol. The summed E-state index contributed by atoms with van der Waals surface area (Å²) in [6.07, 6.45) is 5.48. The molecule has 6 nitrogen and oxygen atoms in total. The largest absolute Gasteiger partial charge is 0.465 e. The van der Waals surface area contributed by atoms with Crippen LogP contribution in [0.1, 0.15) is 36.3 Å². The van der Waals surface area contributed by atoms with E-state index in [-0.39, 0.29) is 0 Å². The summed E-state index contributed by atoms with van der Waals surface area (Å²) < 4.78 is 0. The van der Waals surface area contributed by atoms with Crippen LogP contribution in [0.4, 0.5) is 4.79 Å². The molecule has 3 rings (SSSR count). The summed E-state index contributed by atoms with van der Waals surface area (Å²) >= 11 is 0. The minimum atomic E-state index is -0.868. The Hall–Kier alpha value is -1.69. The van der Waals surface area contributed by atoms with Crippen molar-refractivity contribution >= 4 is 6.09 Å². The zero-order valence-corrected chi connectivity index (χ0v) is 11.6. The summed E-state index contributed by atoms with van der Waals surface area (Å²) in [6.45, 7) is 4.02. The molecule has 1 aromatic heterocycles. The van der Waals surface area contributed by atoms with E-state index in [4.69, 9.17) is 5.11 Å². The fourth-order valence-corrected chi connectivity index (χ4v) is 2.91. The number of likely N-dealkylation sites (tertiary alicyclic amines) is 1. The molecule has 1 fully saturated rings. The van der Waals surface area contributed by atoms with Gasteiger partial charge in [0.05, 0.1) is 18.8 Å². The van der Waals surface area contributed by atoms with Gasteiger partial charge in [0, 0.05) is 24.7 Å². The van der Waals surface area contributed by atoms with Crippen LogP contribution in [0.2, 0.25) is 0 Å². The smallest absolute Gasteiger partial charge is 0.407 e. The van der Waals surface area contributed by atoms with E-state index in [0.717, 1.165) is 36.7 Å². The van der Waals surface area contributed by atoms with Gasteiger partial charge in [-0.05, 0) is 25.9 Å². The number of aromatic nitrogens is 2. The first-order chi connectivity index (χ1) is 9.72. The van der Waals surface area contributed by atoms with Crippen molar-refractivity contribution in [2.24, 2.45) is 0 Å². The lowest BCUT2D eigenvalue weighted by molar-refractivity contribution is 0.139. The molecule has 0 bridgehead atoms. The molecule has 0 aromatic carbocycles. The highest BCUT2D eigenvalue weighted by atomic mass is 16.4. The molecule has 0 spiro atoms. The Morgan fingerprint density at radius 1 is 1.25 bits per heavy atom. The number of hydrogen-bond donors (Lipinski definition) is 1. The maximum Gasteiger partial charge on any atom is 0.407 e. The van der Waals surface area contributed by atoms with Gasteiger partial charge in [-0.25, -0.2) is 14.8 Å². The van der Waals surface area contributed by atoms with Crippen LogP contribution >= 0.6 is 0 Å². The van der Waals surface area contributed by atoms with Crippen LogP contribution in [0.5, 0.6) is 0 Å². The molecule has 6 heteroatoms. The van der Waals surface area contributed by atoms with Crippen LogP contribution in [-0.4, -0.2) is 50.6 Å². The minimum absolute atomic E-state index is 0.411. The summed E-state index contributed by atoms with van der Waals surface area (Å²) in [5.74, 6) is 0.870. The molecule has 1 aromatic rings. The lowest BCUT2D eigenvalue weighted by Crippen LogP contribution is -2.36. The van der Waals surface area contributed by atoms with E-state index in [0.29, 0.717) is 19.5 Å². The average Bonchev–Trinajstić information content (AvgIpc) is 2.47. The number of rotatable bonds is 2. The Bertz CT molecular complexity index is 500. The fraction of sp³-hybridized carbons (Fsp3) is 0.643. The third kappa shape index (κ3) is 2.90. The first-order valence-electron chi connectivity index (χ1n) is 7.26.